The SMILES string of the molecule is Cn1ncc(NC2CCCC2N)c(Br)c1=O. The molecule has 1 heterocycles. The largest absolute Gasteiger partial charge is 0.378 e. The molecule has 2 rings (SSSR count). The number of nitrogens with two attached hydrogens (primary N) is 1. The van der Waals surface area contributed by atoms with Crippen molar-refractivity contribution in [3.63, 3.8) is 0 Å². The second-order valence-corrected chi connectivity index (χ2v) is 4.94. The van der Waals surface area contributed by atoms with Crippen LogP contribution < -0.4 is 16.6 Å². The highest BCUT2D eigenvalue weighted by atomic mass is 79.9. The highest BCUT2D eigenvalue weighted by Crippen LogP contribution is 2.24. The van der Waals surface area contributed by atoms with Crippen LogP contribution >= 0.6 is 15.9 Å². The first-order chi connectivity index (χ1) is 7.59. The van der Waals surface area contributed by atoms with Gasteiger partial charge in [-0.3, -0.25) is 4.79 Å². The van der Waals surface area contributed by atoms with Crippen molar-refractivity contribution in [1.82, 2.24) is 9.78 Å². The van der Waals surface area contributed by atoms with Crippen molar-refractivity contribution in [1.29, 1.82) is 0 Å². The fourth-order valence-corrected chi connectivity index (χ4v) is 2.45. The second kappa shape index (κ2) is 4.55. The third-order valence-electron chi connectivity index (χ3n) is 2.99. The lowest BCUT2D eigenvalue weighted by molar-refractivity contribution is 0.633. The summed E-state index contributed by atoms with van der Waals surface area (Å²) in [7, 11) is 1.62. The molecule has 5 nitrogen and oxygen atoms in total. The van der Waals surface area contributed by atoms with E-state index in [2.05, 4.69) is 26.3 Å². The first kappa shape index (κ1) is 11.6. The van der Waals surface area contributed by atoms with E-state index in [1.807, 2.05) is 0 Å². The van der Waals surface area contributed by atoms with E-state index in [4.69, 9.17) is 5.73 Å². The topological polar surface area (TPSA) is 72.9 Å². The number of anilines is 1. The molecule has 6 heteroatoms. The summed E-state index contributed by atoms with van der Waals surface area (Å²) < 4.78 is 1.81. The Morgan fingerprint density at radius 2 is 2.38 bits per heavy atom. The Bertz CT molecular complexity index is 445. The lowest BCUT2D eigenvalue weighted by Crippen LogP contribution is -2.36. The molecule has 16 heavy (non-hydrogen) atoms. The summed E-state index contributed by atoms with van der Waals surface area (Å²) in [6.45, 7) is 0. The predicted octanol–water partition coefficient (Wildman–Crippen LogP) is 0.835. The van der Waals surface area contributed by atoms with Gasteiger partial charge in [0.2, 0.25) is 0 Å². The molecule has 0 aliphatic heterocycles. The number of aryl methyl sites for hydroxylation is 1. The number of hydrogen-bond acceptors (Lipinski definition) is 4. The molecule has 88 valence electrons. The maximum Gasteiger partial charge on any atom is 0.282 e. The average molecular weight is 287 g/mol. The molecule has 1 aliphatic rings. The molecule has 1 aromatic heterocycles. The van der Waals surface area contributed by atoms with Gasteiger partial charge < -0.3 is 11.1 Å². The first-order valence-electron chi connectivity index (χ1n) is 5.33. The zero-order chi connectivity index (χ0) is 11.7. The van der Waals surface area contributed by atoms with E-state index in [9.17, 15) is 4.79 Å². The summed E-state index contributed by atoms with van der Waals surface area (Å²) in [5.41, 5.74) is 6.55. The summed E-state index contributed by atoms with van der Waals surface area (Å²) in [6.07, 6.45) is 4.86. The Morgan fingerprint density at radius 1 is 1.62 bits per heavy atom. The van der Waals surface area contributed by atoms with Crippen LogP contribution in [0.3, 0.4) is 0 Å². The van der Waals surface area contributed by atoms with Crippen molar-refractivity contribution in [3.05, 3.63) is 21.0 Å². The summed E-state index contributed by atoms with van der Waals surface area (Å²) >= 11 is 3.28. The third kappa shape index (κ3) is 2.12. The number of hydrogen-bond donors (Lipinski definition) is 2. The molecule has 0 amide bonds. The fourth-order valence-electron chi connectivity index (χ4n) is 1.98. The normalized spacial score (nSPS) is 24.7. The lowest BCUT2D eigenvalue weighted by atomic mass is 10.2. The second-order valence-electron chi connectivity index (χ2n) is 4.15. The van der Waals surface area contributed by atoms with Crippen LogP contribution in [0.5, 0.6) is 0 Å². The summed E-state index contributed by atoms with van der Waals surface area (Å²) in [4.78, 5) is 11.6. The molecule has 0 bridgehead atoms. The van der Waals surface area contributed by atoms with Crippen LogP contribution in [-0.2, 0) is 7.05 Å². The van der Waals surface area contributed by atoms with Crippen molar-refractivity contribution in [3.8, 4) is 0 Å². The molecule has 3 N–H and O–H groups in total. The molecule has 1 aliphatic carbocycles. The van der Waals surface area contributed by atoms with Gasteiger partial charge in [-0.15, -0.1) is 0 Å². The quantitative estimate of drug-likeness (QED) is 0.845. The molecular weight excluding hydrogens is 272 g/mol. The molecule has 2 atom stereocenters. The van der Waals surface area contributed by atoms with Gasteiger partial charge in [0.1, 0.15) is 4.47 Å². The van der Waals surface area contributed by atoms with Gasteiger partial charge in [0.15, 0.2) is 0 Å². The zero-order valence-electron chi connectivity index (χ0n) is 9.11. The van der Waals surface area contributed by atoms with Gasteiger partial charge in [-0.1, -0.05) is 0 Å². The van der Waals surface area contributed by atoms with Crippen molar-refractivity contribution < 1.29 is 0 Å². The molecule has 1 saturated carbocycles. The van der Waals surface area contributed by atoms with Gasteiger partial charge in [-0.25, -0.2) is 4.68 Å². The van der Waals surface area contributed by atoms with Crippen molar-refractivity contribution in [2.45, 2.75) is 31.3 Å². The van der Waals surface area contributed by atoms with Crippen LogP contribution in [0.1, 0.15) is 19.3 Å². The minimum Gasteiger partial charge on any atom is -0.378 e. The highest BCUT2D eigenvalue weighted by molar-refractivity contribution is 9.10. The summed E-state index contributed by atoms with van der Waals surface area (Å²) in [5.74, 6) is 0. The summed E-state index contributed by atoms with van der Waals surface area (Å²) in [6, 6.07) is 0.404. The molecule has 1 aromatic rings. The van der Waals surface area contributed by atoms with Gasteiger partial charge in [0, 0.05) is 19.1 Å². The van der Waals surface area contributed by atoms with Crippen LogP contribution in [0.25, 0.3) is 0 Å². The van der Waals surface area contributed by atoms with E-state index in [1.165, 1.54) is 4.68 Å². The maximum absolute atomic E-state index is 11.6. The molecular formula is C10H15BrN4O. The van der Waals surface area contributed by atoms with E-state index in [0.29, 0.717) is 4.47 Å². The third-order valence-corrected chi connectivity index (χ3v) is 3.75. The van der Waals surface area contributed by atoms with Crippen LogP contribution in [0, 0.1) is 0 Å². The number of rotatable bonds is 2. The van der Waals surface area contributed by atoms with E-state index in [1.54, 1.807) is 13.2 Å². The Balaban J connectivity index is 2.22. The lowest BCUT2D eigenvalue weighted by Gasteiger charge is -2.19. The number of nitrogens with one attached hydrogen (secondary N) is 1. The molecule has 0 saturated heterocycles. The molecule has 0 aromatic carbocycles. The Kier molecular flexibility index (Phi) is 3.30. The van der Waals surface area contributed by atoms with Crippen molar-refractivity contribution >= 4 is 21.6 Å². The number of halogens is 1. The summed E-state index contributed by atoms with van der Waals surface area (Å²) in [5, 5.41) is 7.26. The van der Waals surface area contributed by atoms with Crippen LogP contribution in [0.15, 0.2) is 15.5 Å². The molecule has 0 spiro atoms. The molecule has 0 radical (unpaired) electrons. The standard InChI is InChI=1S/C10H15BrN4O/c1-15-10(16)9(11)8(5-13-15)14-7-4-2-3-6(7)12/h5-7,14H,2-4,12H2,1H3. The van der Waals surface area contributed by atoms with E-state index in [0.717, 1.165) is 24.9 Å². The first-order valence-corrected chi connectivity index (χ1v) is 6.13. The van der Waals surface area contributed by atoms with Crippen LogP contribution in [-0.4, -0.2) is 21.9 Å². The van der Waals surface area contributed by atoms with E-state index >= 15 is 0 Å². The zero-order valence-corrected chi connectivity index (χ0v) is 10.7. The van der Waals surface area contributed by atoms with Gasteiger partial charge in [0.05, 0.1) is 11.9 Å². The maximum atomic E-state index is 11.6. The minimum absolute atomic E-state index is 0.142. The van der Waals surface area contributed by atoms with Crippen LogP contribution in [0.2, 0.25) is 0 Å². The average Bonchev–Trinajstić information content (AvgIpc) is 2.65. The van der Waals surface area contributed by atoms with Gasteiger partial charge in [0.25, 0.3) is 5.56 Å². The Morgan fingerprint density at radius 3 is 3.00 bits per heavy atom. The van der Waals surface area contributed by atoms with Gasteiger partial charge >= 0.3 is 0 Å². The van der Waals surface area contributed by atoms with Gasteiger partial charge in [-0.2, -0.15) is 5.10 Å². The monoisotopic (exact) mass is 286 g/mol. The highest BCUT2D eigenvalue weighted by Gasteiger charge is 2.24. The number of aromatic nitrogens is 2. The Hall–Kier alpha value is -0.880. The molecule has 2 unspecified atom stereocenters. The van der Waals surface area contributed by atoms with Crippen molar-refractivity contribution in [2.75, 3.05) is 5.32 Å². The fraction of sp³-hybridized carbons (Fsp3) is 0.600. The smallest absolute Gasteiger partial charge is 0.282 e. The van der Waals surface area contributed by atoms with Crippen molar-refractivity contribution in [2.24, 2.45) is 12.8 Å². The van der Waals surface area contributed by atoms with Crippen LogP contribution in [0.4, 0.5) is 5.69 Å². The predicted molar refractivity (Wildman–Crippen MR) is 66.4 cm³/mol. The van der Waals surface area contributed by atoms with Gasteiger partial charge in [-0.05, 0) is 35.2 Å². The number of nitrogens with zero attached hydrogens (tertiary/aromatic N) is 2. The van der Waals surface area contributed by atoms with E-state index < -0.39 is 0 Å². The van der Waals surface area contributed by atoms with E-state index in [-0.39, 0.29) is 17.6 Å². The molecule has 1 fully saturated rings. The minimum atomic E-state index is -0.142. The Labute approximate surface area is 102 Å².